The summed E-state index contributed by atoms with van der Waals surface area (Å²) in [6, 6.07) is 5.93. The third-order valence-corrected chi connectivity index (χ3v) is 2.07. The van der Waals surface area contributed by atoms with E-state index in [1.807, 2.05) is 37.3 Å². The SMILES string of the molecule is Cc1ccc(C=CCCN=[N+]=[N-])cc1N. The van der Waals surface area contributed by atoms with Crippen molar-refractivity contribution in [1.29, 1.82) is 0 Å². The summed E-state index contributed by atoms with van der Waals surface area (Å²) in [5.41, 5.74) is 16.8. The number of hydrogen-bond acceptors (Lipinski definition) is 2. The van der Waals surface area contributed by atoms with Gasteiger partial charge in [-0.25, -0.2) is 0 Å². The van der Waals surface area contributed by atoms with Crippen LogP contribution in [0.2, 0.25) is 0 Å². The third-order valence-electron chi connectivity index (χ3n) is 2.07. The van der Waals surface area contributed by atoms with Crippen molar-refractivity contribution in [2.75, 3.05) is 12.3 Å². The zero-order valence-electron chi connectivity index (χ0n) is 8.72. The molecule has 1 aromatic rings. The van der Waals surface area contributed by atoms with Crippen molar-refractivity contribution in [2.24, 2.45) is 5.11 Å². The molecular formula is C11H14N4. The van der Waals surface area contributed by atoms with Gasteiger partial charge in [0.2, 0.25) is 0 Å². The van der Waals surface area contributed by atoms with E-state index in [1.165, 1.54) is 0 Å². The van der Waals surface area contributed by atoms with Crippen molar-refractivity contribution < 1.29 is 0 Å². The van der Waals surface area contributed by atoms with Crippen LogP contribution in [0.3, 0.4) is 0 Å². The Hall–Kier alpha value is -1.93. The lowest BCUT2D eigenvalue weighted by atomic mass is 10.1. The Morgan fingerprint density at radius 2 is 2.33 bits per heavy atom. The average molecular weight is 202 g/mol. The normalized spacial score (nSPS) is 10.2. The largest absolute Gasteiger partial charge is 0.398 e. The Labute approximate surface area is 89.0 Å². The molecule has 15 heavy (non-hydrogen) atoms. The number of benzene rings is 1. The van der Waals surface area contributed by atoms with E-state index >= 15 is 0 Å². The zero-order chi connectivity index (χ0) is 11.1. The lowest BCUT2D eigenvalue weighted by molar-refractivity contribution is 0.996. The number of hydrogen-bond donors (Lipinski definition) is 1. The maximum Gasteiger partial charge on any atom is 0.0349 e. The molecule has 0 saturated heterocycles. The van der Waals surface area contributed by atoms with Crippen LogP contribution < -0.4 is 5.73 Å². The van der Waals surface area contributed by atoms with Crippen LogP contribution in [0.4, 0.5) is 5.69 Å². The Morgan fingerprint density at radius 1 is 1.53 bits per heavy atom. The van der Waals surface area contributed by atoms with Gasteiger partial charge in [0.05, 0.1) is 0 Å². The van der Waals surface area contributed by atoms with E-state index in [0.717, 1.165) is 23.2 Å². The Bertz CT molecular complexity index is 403. The molecule has 0 saturated carbocycles. The Kier molecular flexibility index (Phi) is 4.26. The first-order chi connectivity index (χ1) is 7.24. The van der Waals surface area contributed by atoms with Crippen LogP contribution in [-0.4, -0.2) is 6.54 Å². The van der Waals surface area contributed by atoms with E-state index in [-0.39, 0.29) is 0 Å². The highest BCUT2D eigenvalue weighted by atomic mass is 15.1. The number of nitrogens with zero attached hydrogens (tertiary/aromatic N) is 3. The predicted molar refractivity (Wildman–Crippen MR) is 63.3 cm³/mol. The lowest BCUT2D eigenvalue weighted by Crippen LogP contribution is -1.89. The van der Waals surface area contributed by atoms with Crippen LogP contribution in [0.5, 0.6) is 0 Å². The molecule has 0 aliphatic rings. The van der Waals surface area contributed by atoms with Gasteiger partial charge in [0.1, 0.15) is 0 Å². The van der Waals surface area contributed by atoms with Gasteiger partial charge in [-0.1, -0.05) is 29.4 Å². The average Bonchev–Trinajstić information content (AvgIpc) is 2.23. The Balaban J connectivity index is 2.56. The van der Waals surface area contributed by atoms with Gasteiger partial charge in [0.25, 0.3) is 0 Å². The summed E-state index contributed by atoms with van der Waals surface area (Å²) >= 11 is 0. The van der Waals surface area contributed by atoms with Gasteiger partial charge in [0, 0.05) is 17.1 Å². The fourth-order valence-corrected chi connectivity index (χ4v) is 1.16. The molecular weight excluding hydrogens is 188 g/mol. The predicted octanol–water partition coefficient (Wildman–Crippen LogP) is 3.29. The molecule has 1 aromatic carbocycles. The van der Waals surface area contributed by atoms with Crippen LogP contribution in [0.25, 0.3) is 16.5 Å². The van der Waals surface area contributed by atoms with Crippen molar-refractivity contribution in [1.82, 2.24) is 0 Å². The topological polar surface area (TPSA) is 74.8 Å². The second-order valence-electron chi connectivity index (χ2n) is 3.26. The molecule has 4 heteroatoms. The first kappa shape index (κ1) is 11.1. The summed E-state index contributed by atoms with van der Waals surface area (Å²) in [6.07, 6.45) is 4.69. The van der Waals surface area contributed by atoms with Crippen molar-refractivity contribution in [3.63, 3.8) is 0 Å². The minimum Gasteiger partial charge on any atom is -0.398 e. The molecule has 0 radical (unpaired) electrons. The van der Waals surface area contributed by atoms with Gasteiger partial charge in [0.15, 0.2) is 0 Å². The summed E-state index contributed by atoms with van der Waals surface area (Å²) in [7, 11) is 0. The van der Waals surface area contributed by atoms with E-state index in [1.54, 1.807) is 0 Å². The lowest BCUT2D eigenvalue weighted by Gasteiger charge is -2.00. The fraction of sp³-hybridized carbons (Fsp3) is 0.273. The van der Waals surface area contributed by atoms with Crippen LogP contribution in [0.1, 0.15) is 17.5 Å². The number of anilines is 1. The quantitative estimate of drug-likeness (QED) is 0.263. The number of aryl methyl sites for hydroxylation is 1. The summed E-state index contributed by atoms with van der Waals surface area (Å²) in [6.45, 7) is 2.47. The van der Waals surface area contributed by atoms with Crippen LogP contribution in [-0.2, 0) is 0 Å². The molecule has 0 fully saturated rings. The molecule has 0 spiro atoms. The molecule has 0 unspecified atom stereocenters. The first-order valence-corrected chi connectivity index (χ1v) is 4.77. The van der Waals surface area contributed by atoms with E-state index in [2.05, 4.69) is 10.0 Å². The molecule has 0 aromatic heterocycles. The number of nitrogen functional groups attached to an aromatic ring is 1. The van der Waals surface area contributed by atoms with Crippen molar-refractivity contribution >= 4 is 11.8 Å². The van der Waals surface area contributed by atoms with Crippen LogP contribution in [0, 0.1) is 6.92 Å². The number of azide groups is 1. The van der Waals surface area contributed by atoms with Gasteiger partial charge in [-0.3, -0.25) is 0 Å². The summed E-state index contributed by atoms with van der Waals surface area (Å²) in [5.74, 6) is 0. The van der Waals surface area contributed by atoms with Gasteiger partial charge in [-0.15, -0.1) is 0 Å². The zero-order valence-corrected chi connectivity index (χ0v) is 8.72. The monoisotopic (exact) mass is 202 g/mol. The highest BCUT2D eigenvalue weighted by Crippen LogP contribution is 2.14. The molecule has 0 aliphatic heterocycles. The van der Waals surface area contributed by atoms with E-state index in [9.17, 15) is 0 Å². The minimum atomic E-state index is 0.494. The molecule has 0 amide bonds. The maximum absolute atomic E-state index is 8.07. The third kappa shape index (κ3) is 3.75. The van der Waals surface area contributed by atoms with Crippen molar-refractivity contribution in [3.05, 3.63) is 45.8 Å². The van der Waals surface area contributed by atoms with E-state index in [0.29, 0.717) is 6.54 Å². The highest BCUT2D eigenvalue weighted by molar-refractivity contribution is 5.58. The Morgan fingerprint density at radius 3 is 3.00 bits per heavy atom. The molecule has 4 nitrogen and oxygen atoms in total. The minimum absolute atomic E-state index is 0.494. The molecule has 0 heterocycles. The first-order valence-electron chi connectivity index (χ1n) is 4.77. The van der Waals surface area contributed by atoms with Gasteiger partial charge < -0.3 is 5.73 Å². The molecule has 0 bridgehead atoms. The smallest absolute Gasteiger partial charge is 0.0349 e. The molecule has 78 valence electrons. The molecule has 0 aliphatic carbocycles. The number of rotatable bonds is 4. The standard InChI is InChI=1S/C11H14N4/c1-9-5-6-10(8-11(9)12)4-2-3-7-14-15-13/h2,4-6,8H,3,7,12H2,1H3. The van der Waals surface area contributed by atoms with E-state index < -0.39 is 0 Å². The highest BCUT2D eigenvalue weighted by Gasteiger charge is 1.92. The van der Waals surface area contributed by atoms with E-state index in [4.69, 9.17) is 11.3 Å². The van der Waals surface area contributed by atoms with Gasteiger partial charge >= 0.3 is 0 Å². The molecule has 0 atom stereocenters. The second-order valence-corrected chi connectivity index (χ2v) is 3.26. The van der Waals surface area contributed by atoms with Gasteiger partial charge in [-0.05, 0) is 36.1 Å². The van der Waals surface area contributed by atoms with Crippen LogP contribution in [0.15, 0.2) is 29.4 Å². The summed E-state index contributed by atoms with van der Waals surface area (Å²) < 4.78 is 0. The van der Waals surface area contributed by atoms with Crippen molar-refractivity contribution in [2.45, 2.75) is 13.3 Å². The second kappa shape index (κ2) is 5.73. The van der Waals surface area contributed by atoms with Crippen LogP contribution >= 0.6 is 0 Å². The fourth-order valence-electron chi connectivity index (χ4n) is 1.16. The van der Waals surface area contributed by atoms with Gasteiger partial charge in [-0.2, -0.15) is 0 Å². The molecule has 1 rings (SSSR count). The summed E-state index contributed by atoms with van der Waals surface area (Å²) in [5, 5.41) is 3.44. The molecule has 2 N–H and O–H groups in total. The van der Waals surface area contributed by atoms with Crippen molar-refractivity contribution in [3.8, 4) is 0 Å². The maximum atomic E-state index is 8.07. The number of nitrogens with two attached hydrogens (primary N) is 1. The summed E-state index contributed by atoms with van der Waals surface area (Å²) in [4.78, 5) is 2.68.